The van der Waals surface area contributed by atoms with E-state index in [4.69, 9.17) is 14.6 Å². The Bertz CT molecular complexity index is 553. The molecular weight excluding hydrogens is 293 g/mol. The number of hydrogen-bond donors (Lipinski definition) is 2. The monoisotopic (exact) mass is 313 g/mol. The smallest absolute Gasteiger partial charge is 0.412 e. The number of rotatable bonds is 5. The van der Waals surface area contributed by atoms with E-state index in [0.717, 1.165) is 6.07 Å². The average molecular weight is 313 g/mol. The molecule has 1 rings (SSSR count). The number of methoxy groups -OCH3 is 1. The van der Waals surface area contributed by atoms with E-state index in [0.29, 0.717) is 5.69 Å². The van der Waals surface area contributed by atoms with Gasteiger partial charge >= 0.3 is 12.1 Å². The van der Waals surface area contributed by atoms with Crippen molar-refractivity contribution >= 4 is 17.7 Å². The van der Waals surface area contributed by atoms with Crippen LogP contribution in [0.25, 0.3) is 0 Å². The number of amides is 1. The van der Waals surface area contributed by atoms with Gasteiger partial charge in [-0.15, -0.1) is 0 Å². The molecule has 0 saturated carbocycles. The van der Waals surface area contributed by atoms with Crippen LogP contribution in [0.3, 0.4) is 0 Å². The number of benzene rings is 1. The fourth-order valence-electron chi connectivity index (χ4n) is 1.70. The highest BCUT2D eigenvalue weighted by molar-refractivity contribution is 5.85. The minimum absolute atomic E-state index is 0.128. The van der Waals surface area contributed by atoms with Crippen LogP contribution in [-0.2, 0) is 20.7 Å². The molecule has 6 nitrogen and oxygen atoms in total. The number of halogens is 1. The van der Waals surface area contributed by atoms with E-state index in [1.54, 1.807) is 20.8 Å². The van der Waals surface area contributed by atoms with Crippen LogP contribution >= 0.6 is 0 Å². The van der Waals surface area contributed by atoms with Gasteiger partial charge in [0.05, 0.1) is 0 Å². The fourth-order valence-corrected chi connectivity index (χ4v) is 1.70. The summed E-state index contributed by atoms with van der Waals surface area (Å²) < 4.78 is 23.6. The van der Waals surface area contributed by atoms with E-state index in [1.165, 1.54) is 19.2 Å². The van der Waals surface area contributed by atoms with Gasteiger partial charge in [0.25, 0.3) is 0 Å². The molecule has 22 heavy (non-hydrogen) atoms. The lowest BCUT2D eigenvalue weighted by Gasteiger charge is -2.20. The van der Waals surface area contributed by atoms with Crippen molar-refractivity contribution in [2.24, 2.45) is 0 Å². The first kappa shape index (κ1) is 17.9. The molecule has 0 spiro atoms. The first-order valence-corrected chi connectivity index (χ1v) is 6.66. The van der Waals surface area contributed by atoms with Crippen molar-refractivity contribution in [3.8, 4) is 0 Å². The van der Waals surface area contributed by atoms with Gasteiger partial charge in [0.2, 0.25) is 0 Å². The third kappa shape index (κ3) is 5.69. The van der Waals surface area contributed by atoms with Crippen LogP contribution in [0.2, 0.25) is 0 Å². The van der Waals surface area contributed by atoms with Gasteiger partial charge in [0, 0.05) is 19.2 Å². The fraction of sp³-hybridized carbons (Fsp3) is 0.467. The highest BCUT2D eigenvalue weighted by Crippen LogP contribution is 2.18. The van der Waals surface area contributed by atoms with Gasteiger partial charge in [0.1, 0.15) is 11.4 Å². The first-order chi connectivity index (χ1) is 10.1. The molecule has 1 aromatic carbocycles. The number of carbonyl (C=O) groups excluding carboxylic acids is 1. The minimum Gasteiger partial charge on any atom is -0.479 e. The molecule has 122 valence electrons. The van der Waals surface area contributed by atoms with Crippen LogP contribution < -0.4 is 5.32 Å². The summed E-state index contributed by atoms with van der Waals surface area (Å²) >= 11 is 0. The van der Waals surface area contributed by atoms with Crippen LogP contribution in [0, 0.1) is 5.82 Å². The average Bonchev–Trinajstić information content (AvgIpc) is 2.36. The van der Waals surface area contributed by atoms with Gasteiger partial charge in [-0.25, -0.2) is 14.0 Å². The molecule has 0 aliphatic heterocycles. The zero-order valence-corrected chi connectivity index (χ0v) is 13.0. The summed E-state index contributed by atoms with van der Waals surface area (Å²) in [6.45, 7) is 5.16. The summed E-state index contributed by atoms with van der Waals surface area (Å²) in [6.07, 6.45) is -1.99. The van der Waals surface area contributed by atoms with Crippen LogP contribution in [0.4, 0.5) is 14.9 Å². The largest absolute Gasteiger partial charge is 0.479 e. The van der Waals surface area contributed by atoms with E-state index < -0.39 is 29.6 Å². The van der Waals surface area contributed by atoms with Crippen LogP contribution in [0.1, 0.15) is 26.3 Å². The lowest BCUT2D eigenvalue weighted by Crippen LogP contribution is -2.27. The number of hydrogen-bond acceptors (Lipinski definition) is 4. The van der Waals surface area contributed by atoms with Gasteiger partial charge in [0.15, 0.2) is 6.10 Å². The minimum atomic E-state index is -1.19. The Morgan fingerprint density at radius 3 is 2.50 bits per heavy atom. The topological polar surface area (TPSA) is 84.9 Å². The lowest BCUT2D eigenvalue weighted by atomic mass is 10.1. The molecule has 0 saturated heterocycles. The van der Waals surface area contributed by atoms with Crippen LogP contribution in [-0.4, -0.2) is 36.0 Å². The number of nitrogens with one attached hydrogen (secondary N) is 1. The number of aliphatic carboxylic acids is 1. The van der Waals surface area contributed by atoms with Crippen molar-refractivity contribution in [2.75, 3.05) is 12.4 Å². The summed E-state index contributed by atoms with van der Waals surface area (Å²) in [7, 11) is 1.24. The maximum Gasteiger partial charge on any atom is 0.412 e. The summed E-state index contributed by atoms with van der Waals surface area (Å²) in [6, 6.07) is 3.87. The van der Waals surface area contributed by atoms with Gasteiger partial charge in [-0.2, -0.15) is 0 Å². The lowest BCUT2D eigenvalue weighted by molar-refractivity contribution is -0.148. The van der Waals surface area contributed by atoms with Gasteiger partial charge in [-0.3, -0.25) is 5.32 Å². The molecule has 0 fully saturated rings. The van der Waals surface area contributed by atoms with Gasteiger partial charge in [-0.1, -0.05) is 0 Å². The van der Waals surface area contributed by atoms with E-state index >= 15 is 0 Å². The number of carboxylic acids is 1. The predicted octanol–water partition coefficient (Wildman–Crippen LogP) is 2.81. The molecule has 0 aromatic heterocycles. The second-order valence-electron chi connectivity index (χ2n) is 5.70. The quantitative estimate of drug-likeness (QED) is 0.873. The van der Waals surface area contributed by atoms with E-state index in [1.807, 2.05) is 0 Å². The molecule has 1 aromatic rings. The molecule has 2 N–H and O–H groups in total. The van der Waals surface area contributed by atoms with Gasteiger partial charge < -0.3 is 14.6 Å². The first-order valence-electron chi connectivity index (χ1n) is 6.66. The predicted molar refractivity (Wildman–Crippen MR) is 78.4 cm³/mol. The Morgan fingerprint density at radius 2 is 2.00 bits per heavy atom. The molecular formula is C15H20FNO5. The SMILES string of the molecule is COC(Cc1cc(NC(=O)OC(C)(C)C)ccc1F)C(=O)O. The Balaban J connectivity index is 2.85. The van der Waals surface area contributed by atoms with Crippen LogP contribution in [0.5, 0.6) is 0 Å². The maximum atomic E-state index is 13.7. The second-order valence-corrected chi connectivity index (χ2v) is 5.70. The Hall–Kier alpha value is -2.15. The third-order valence-electron chi connectivity index (χ3n) is 2.66. The van der Waals surface area contributed by atoms with Crippen molar-refractivity contribution in [3.63, 3.8) is 0 Å². The van der Waals surface area contributed by atoms with E-state index in [9.17, 15) is 14.0 Å². The summed E-state index contributed by atoms with van der Waals surface area (Å²) in [5.41, 5.74) is -0.217. The number of anilines is 1. The molecule has 0 aliphatic carbocycles. The van der Waals surface area contributed by atoms with Crippen molar-refractivity contribution in [2.45, 2.75) is 38.9 Å². The van der Waals surface area contributed by atoms with Crippen molar-refractivity contribution < 1.29 is 28.6 Å². The number of ether oxygens (including phenoxy) is 2. The molecule has 0 heterocycles. The number of carbonyl (C=O) groups is 2. The molecule has 1 amide bonds. The number of carboxylic acid groups (broad SMARTS) is 1. The maximum absolute atomic E-state index is 13.7. The summed E-state index contributed by atoms with van der Waals surface area (Å²) in [5.74, 6) is -1.76. The van der Waals surface area contributed by atoms with Gasteiger partial charge in [-0.05, 0) is 44.5 Å². The summed E-state index contributed by atoms with van der Waals surface area (Å²) in [5, 5.41) is 11.4. The Labute approximate surface area is 128 Å². The molecule has 1 atom stereocenters. The Morgan fingerprint density at radius 1 is 1.36 bits per heavy atom. The van der Waals surface area contributed by atoms with Crippen molar-refractivity contribution in [1.29, 1.82) is 0 Å². The highest BCUT2D eigenvalue weighted by atomic mass is 19.1. The Kier molecular flexibility index (Phi) is 5.87. The van der Waals surface area contributed by atoms with Crippen molar-refractivity contribution in [3.05, 3.63) is 29.6 Å². The molecule has 0 bridgehead atoms. The van der Waals surface area contributed by atoms with Crippen molar-refractivity contribution in [1.82, 2.24) is 0 Å². The van der Waals surface area contributed by atoms with E-state index in [-0.39, 0.29) is 12.0 Å². The zero-order chi connectivity index (χ0) is 16.9. The highest BCUT2D eigenvalue weighted by Gasteiger charge is 2.20. The molecule has 7 heteroatoms. The summed E-state index contributed by atoms with van der Waals surface area (Å²) in [4.78, 5) is 22.6. The standard InChI is InChI=1S/C15H20FNO5/c1-15(2,3)22-14(20)17-10-5-6-11(16)9(7-10)8-12(21-4)13(18)19/h5-7,12H,8H2,1-4H3,(H,17,20)(H,18,19). The zero-order valence-electron chi connectivity index (χ0n) is 13.0. The second kappa shape index (κ2) is 7.22. The normalized spacial score (nSPS) is 12.6. The molecule has 1 unspecified atom stereocenters. The van der Waals surface area contributed by atoms with Crippen LogP contribution in [0.15, 0.2) is 18.2 Å². The third-order valence-corrected chi connectivity index (χ3v) is 2.66. The molecule has 0 aliphatic rings. The molecule has 0 radical (unpaired) electrons. The van der Waals surface area contributed by atoms with E-state index in [2.05, 4.69) is 5.32 Å².